The lowest BCUT2D eigenvalue weighted by Gasteiger charge is -2.27. The Morgan fingerprint density at radius 1 is 1.19 bits per heavy atom. The molecule has 3 heterocycles. The Bertz CT molecular complexity index is 1050. The van der Waals surface area contributed by atoms with E-state index in [1.54, 1.807) is 4.90 Å². The van der Waals surface area contributed by atoms with Crippen molar-refractivity contribution in [3.8, 4) is 11.4 Å². The molecule has 31 heavy (non-hydrogen) atoms. The fourth-order valence-corrected chi connectivity index (χ4v) is 4.00. The first-order valence-electron chi connectivity index (χ1n) is 10.8. The van der Waals surface area contributed by atoms with Crippen molar-refractivity contribution in [2.45, 2.75) is 38.6 Å². The van der Waals surface area contributed by atoms with E-state index in [0.717, 1.165) is 17.2 Å². The van der Waals surface area contributed by atoms with Crippen LogP contribution in [0.1, 0.15) is 37.7 Å². The molecule has 3 aromatic rings. The smallest absolute Gasteiger partial charge is 0.229 e. The van der Waals surface area contributed by atoms with Gasteiger partial charge in [0.2, 0.25) is 11.8 Å². The first kappa shape index (κ1) is 20.9. The number of carbonyl (C=O) groups is 2. The van der Waals surface area contributed by atoms with E-state index in [2.05, 4.69) is 29.5 Å². The van der Waals surface area contributed by atoms with Gasteiger partial charge in [-0.3, -0.25) is 14.5 Å². The van der Waals surface area contributed by atoms with E-state index in [4.69, 9.17) is 0 Å². The van der Waals surface area contributed by atoms with Crippen molar-refractivity contribution in [2.75, 3.05) is 18.0 Å². The Hall–Kier alpha value is -3.35. The fraction of sp³-hybridized carbons (Fsp3) is 0.375. The Kier molecular flexibility index (Phi) is 6.21. The summed E-state index contributed by atoms with van der Waals surface area (Å²) in [7, 11) is 1.98. The summed E-state index contributed by atoms with van der Waals surface area (Å²) in [5.74, 6) is 1.18. The van der Waals surface area contributed by atoms with Gasteiger partial charge >= 0.3 is 0 Å². The van der Waals surface area contributed by atoms with Gasteiger partial charge in [0.15, 0.2) is 0 Å². The zero-order valence-electron chi connectivity index (χ0n) is 18.1. The maximum absolute atomic E-state index is 12.5. The summed E-state index contributed by atoms with van der Waals surface area (Å²) in [4.78, 5) is 26.6. The SMILES string of the molecule is C[C@@H](CNC(=O)CCCN1C(=O)CCn2nc(-c3cccn3C)cc21)c1ccccc1. The highest BCUT2D eigenvalue weighted by Gasteiger charge is 2.26. The summed E-state index contributed by atoms with van der Waals surface area (Å²) < 4.78 is 3.91. The number of aromatic nitrogens is 3. The van der Waals surface area contributed by atoms with Crippen LogP contribution in [0.15, 0.2) is 54.7 Å². The van der Waals surface area contributed by atoms with Crippen LogP contribution in [0.5, 0.6) is 0 Å². The van der Waals surface area contributed by atoms with Gasteiger partial charge in [-0.05, 0) is 30.0 Å². The van der Waals surface area contributed by atoms with Crippen molar-refractivity contribution in [1.82, 2.24) is 19.7 Å². The van der Waals surface area contributed by atoms with E-state index in [9.17, 15) is 9.59 Å². The molecule has 0 spiro atoms. The molecule has 0 saturated heterocycles. The quantitative estimate of drug-likeness (QED) is 0.609. The molecule has 2 aromatic heterocycles. The first-order chi connectivity index (χ1) is 15.0. The number of hydrogen-bond donors (Lipinski definition) is 1. The summed E-state index contributed by atoms with van der Waals surface area (Å²) in [6.07, 6.45) is 3.42. The minimum atomic E-state index is 0.0187. The number of anilines is 1. The van der Waals surface area contributed by atoms with Crippen molar-refractivity contribution in [2.24, 2.45) is 7.05 Å². The lowest BCUT2D eigenvalue weighted by Crippen LogP contribution is -2.38. The molecular formula is C24H29N5O2. The third kappa shape index (κ3) is 4.71. The van der Waals surface area contributed by atoms with E-state index in [1.165, 1.54) is 5.56 Å². The van der Waals surface area contributed by atoms with Gasteiger partial charge < -0.3 is 9.88 Å². The molecule has 7 heteroatoms. The van der Waals surface area contributed by atoms with Crippen LogP contribution in [0.3, 0.4) is 0 Å². The molecule has 0 radical (unpaired) electrons. The Morgan fingerprint density at radius 3 is 2.74 bits per heavy atom. The molecule has 2 amide bonds. The molecule has 0 fully saturated rings. The third-order valence-electron chi connectivity index (χ3n) is 5.84. The van der Waals surface area contributed by atoms with E-state index < -0.39 is 0 Å². The Balaban J connectivity index is 1.32. The van der Waals surface area contributed by atoms with Crippen molar-refractivity contribution in [3.63, 3.8) is 0 Å². The number of hydrogen-bond acceptors (Lipinski definition) is 3. The average Bonchev–Trinajstić information content (AvgIpc) is 3.40. The highest BCUT2D eigenvalue weighted by Crippen LogP contribution is 2.28. The van der Waals surface area contributed by atoms with Gasteiger partial charge in [0.05, 0.1) is 12.2 Å². The number of amides is 2. The number of rotatable bonds is 8. The summed E-state index contributed by atoms with van der Waals surface area (Å²) in [5, 5.41) is 7.70. The summed E-state index contributed by atoms with van der Waals surface area (Å²) >= 11 is 0. The van der Waals surface area contributed by atoms with Crippen molar-refractivity contribution < 1.29 is 9.59 Å². The van der Waals surface area contributed by atoms with Crippen molar-refractivity contribution in [1.29, 1.82) is 0 Å². The summed E-state index contributed by atoms with van der Waals surface area (Å²) in [6, 6.07) is 16.1. The van der Waals surface area contributed by atoms with Crippen LogP contribution < -0.4 is 10.2 Å². The van der Waals surface area contributed by atoms with E-state index >= 15 is 0 Å². The second-order valence-electron chi connectivity index (χ2n) is 8.13. The van der Waals surface area contributed by atoms with Gasteiger partial charge in [0, 0.05) is 45.2 Å². The number of aryl methyl sites for hydroxylation is 2. The number of nitrogens with zero attached hydrogens (tertiary/aromatic N) is 4. The largest absolute Gasteiger partial charge is 0.356 e. The lowest BCUT2D eigenvalue weighted by atomic mass is 10.0. The lowest BCUT2D eigenvalue weighted by molar-refractivity contribution is -0.122. The molecule has 7 nitrogen and oxygen atoms in total. The van der Waals surface area contributed by atoms with Gasteiger partial charge in [-0.2, -0.15) is 5.10 Å². The van der Waals surface area contributed by atoms with Crippen LogP contribution in [0, 0.1) is 0 Å². The van der Waals surface area contributed by atoms with Crippen LogP contribution in [0.2, 0.25) is 0 Å². The molecule has 162 valence electrons. The van der Waals surface area contributed by atoms with Gasteiger partial charge in [0.25, 0.3) is 0 Å². The maximum Gasteiger partial charge on any atom is 0.229 e. The molecule has 1 atom stereocenters. The van der Waals surface area contributed by atoms with Crippen LogP contribution in [-0.4, -0.2) is 39.3 Å². The first-order valence-corrected chi connectivity index (χ1v) is 10.8. The molecule has 1 aliphatic rings. The van der Waals surface area contributed by atoms with Gasteiger partial charge in [-0.1, -0.05) is 37.3 Å². The molecule has 1 aliphatic heterocycles. The Labute approximate surface area is 182 Å². The van der Waals surface area contributed by atoms with Crippen LogP contribution in [-0.2, 0) is 23.2 Å². The number of benzene rings is 1. The third-order valence-corrected chi connectivity index (χ3v) is 5.84. The van der Waals surface area contributed by atoms with E-state index in [-0.39, 0.29) is 17.7 Å². The van der Waals surface area contributed by atoms with Crippen molar-refractivity contribution in [3.05, 3.63) is 60.3 Å². The number of fused-ring (bicyclic) bond motifs is 1. The van der Waals surface area contributed by atoms with Gasteiger partial charge in [-0.15, -0.1) is 0 Å². The maximum atomic E-state index is 12.5. The molecule has 1 aromatic carbocycles. The fourth-order valence-electron chi connectivity index (χ4n) is 4.00. The topological polar surface area (TPSA) is 72.2 Å². The van der Waals surface area contributed by atoms with E-state index in [0.29, 0.717) is 38.9 Å². The molecular weight excluding hydrogens is 390 g/mol. The highest BCUT2D eigenvalue weighted by molar-refractivity contribution is 5.94. The number of nitrogens with one attached hydrogen (secondary N) is 1. The summed E-state index contributed by atoms with van der Waals surface area (Å²) in [6.45, 7) is 3.82. The number of carbonyl (C=O) groups excluding carboxylic acids is 2. The van der Waals surface area contributed by atoms with Crippen LogP contribution in [0.4, 0.5) is 5.82 Å². The molecule has 0 saturated carbocycles. The predicted octanol–water partition coefficient (Wildman–Crippen LogP) is 3.33. The summed E-state index contributed by atoms with van der Waals surface area (Å²) in [5.41, 5.74) is 3.08. The van der Waals surface area contributed by atoms with Crippen LogP contribution in [0.25, 0.3) is 11.4 Å². The van der Waals surface area contributed by atoms with Gasteiger partial charge in [-0.25, -0.2) is 4.68 Å². The second-order valence-corrected chi connectivity index (χ2v) is 8.13. The minimum absolute atomic E-state index is 0.0187. The second kappa shape index (κ2) is 9.20. The minimum Gasteiger partial charge on any atom is -0.356 e. The molecule has 4 rings (SSSR count). The van der Waals surface area contributed by atoms with Crippen molar-refractivity contribution >= 4 is 17.6 Å². The molecule has 0 unspecified atom stereocenters. The molecule has 0 aliphatic carbocycles. The predicted molar refractivity (Wildman–Crippen MR) is 121 cm³/mol. The normalized spacial score (nSPS) is 14.4. The van der Waals surface area contributed by atoms with Crippen LogP contribution >= 0.6 is 0 Å². The van der Waals surface area contributed by atoms with E-state index in [1.807, 2.05) is 58.9 Å². The zero-order chi connectivity index (χ0) is 21.8. The molecule has 1 N–H and O–H groups in total. The monoisotopic (exact) mass is 419 g/mol. The Morgan fingerprint density at radius 2 is 2.00 bits per heavy atom. The zero-order valence-corrected chi connectivity index (χ0v) is 18.1. The molecule has 0 bridgehead atoms. The highest BCUT2D eigenvalue weighted by atomic mass is 16.2. The standard InChI is InChI=1S/C24H29N5O2/c1-18(19-8-4-3-5-9-19)17-25-22(30)11-7-14-28-23-16-20(21-10-6-13-27(21)2)26-29(23)15-12-24(28)31/h3-6,8-10,13,16,18H,7,11-12,14-15,17H2,1-2H3,(H,25,30)/t18-/m0/s1. The average molecular weight is 420 g/mol. The van der Waals surface area contributed by atoms with Gasteiger partial charge in [0.1, 0.15) is 11.5 Å².